The van der Waals surface area contributed by atoms with Gasteiger partial charge in [0.1, 0.15) is 6.04 Å². The third-order valence-corrected chi connectivity index (χ3v) is 8.46. The fraction of sp³-hybridized carbons (Fsp3) is 0.304. The second kappa shape index (κ2) is 9.75. The average Bonchev–Trinajstić information content (AvgIpc) is 2.82. The van der Waals surface area contributed by atoms with Gasteiger partial charge in [0.05, 0.1) is 21.4 Å². The molecule has 10 heteroatoms. The van der Waals surface area contributed by atoms with E-state index in [9.17, 15) is 18.0 Å². The highest BCUT2D eigenvalue weighted by Gasteiger charge is 2.38. The van der Waals surface area contributed by atoms with Crippen molar-refractivity contribution in [2.45, 2.75) is 36.1 Å². The fourth-order valence-corrected chi connectivity index (χ4v) is 6.03. The van der Waals surface area contributed by atoms with Gasteiger partial charge in [-0.15, -0.1) is 0 Å². The van der Waals surface area contributed by atoms with Gasteiger partial charge >= 0.3 is 0 Å². The first-order chi connectivity index (χ1) is 15.8. The van der Waals surface area contributed by atoms with Gasteiger partial charge in [-0.2, -0.15) is 0 Å². The molecule has 0 aliphatic carbocycles. The summed E-state index contributed by atoms with van der Waals surface area (Å²) in [6, 6.07) is 12.7. The molecule has 2 aromatic carbocycles. The molecule has 33 heavy (non-hydrogen) atoms. The van der Waals surface area contributed by atoms with Crippen LogP contribution in [0.25, 0.3) is 0 Å². The van der Waals surface area contributed by atoms with E-state index in [1.54, 1.807) is 4.90 Å². The van der Waals surface area contributed by atoms with Crippen molar-refractivity contribution >= 4 is 45.0 Å². The Kier molecular flexibility index (Phi) is 6.97. The number of piperidine rings is 1. The first-order valence-corrected chi connectivity index (χ1v) is 12.8. The van der Waals surface area contributed by atoms with Crippen LogP contribution in [0.5, 0.6) is 0 Å². The van der Waals surface area contributed by atoms with E-state index < -0.39 is 22.0 Å². The highest BCUT2D eigenvalue weighted by atomic mass is 35.5. The van der Waals surface area contributed by atoms with Gasteiger partial charge in [0.25, 0.3) is 10.0 Å². The second-order valence-electron chi connectivity index (χ2n) is 8.04. The number of amides is 2. The first kappa shape index (κ1) is 23.6. The number of sulfonamides is 1. The Bertz CT molecular complexity index is 1190. The van der Waals surface area contributed by atoms with Gasteiger partial charge in [-0.3, -0.25) is 13.9 Å². The van der Waals surface area contributed by atoms with E-state index in [1.807, 2.05) is 30.3 Å². The van der Waals surface area contributed by atoms with Crippen LogP contribution in [0, 0.1) is 0 Å². The van der Waals surface area contributed by atoms with Gasteiger partial charge in [0.2, 0.25) is 11.8 Å². The maximum atomic E-state index is 13.3. The molecule has 7 nitrogen and oxygen atoms in total. The maximum Gasteiger partial charge on any atom is 0.264 e. The number of hydrogen-bond donors (Lipinski definition) is 1. The van der Waals surface area contributed by atoms with E-state index in [4.69, 9.17) is 23.2 Å². The monoisotopic (exact) mass is 507 g/mol. The van der Waals surface area contributed by atoms with E-state index in [0.717, 1.165) is 22.7 Å². The normalized spacial score (nSPS) is 21.1. The van der Waals surface area contributed by atoms with Gasteiger partial charge in [-0.25, -0.2) is 8.42 Å². The zero-order valence-electron chi connectivity index (χ0n) is 17.7. The Morgan fingerprint density at radius 2 is 1.85 bits per heavy atom. The molecule has 0 unspecified atom stereocenters. The van der Waals surface area contributed by atoms with Gasteiger partial charge in [0, 0.05) is 31.4 Å². The molecule has 1 saturated heterocycles. The Morgan fingerprint density at radius 3 is 2.58 bits per heavy atom. The van der Waals surface area contributed by atoms with Crippen molar-refractivity contribution < 1.29 is 18.0 Å². The standard InChI is InChI=1S/C23H23Cl2N3O4S/c24-19-9-8-18(13-20(19)25)33(31,32)28-12-10-26-23(30)21(28)14-22(29)27-11-4-7-17(15-27)16-5-2-1-3-6-16/h1-3,5-6,8-10,12-13,17,21H,4,7,11,14-15H2,(H,26,30)/t17-,21-/m1/s1. The van der Waals surface area contributed by atoms with Crippen molar-refractivity contribution in [1.82, 2.24) is 14.5 Å². The van der Waals surface area contributed by atoms with Crippen LogP contribution in [0.3, 0.4) is 0 Å². The van der Waals surface area contributed by atoms with Gasteiger partial charge in [0.15, 0.2) is 0 Å². The van der Waals surface area contributed by atoms with E-state index in [2.05, 4.69) is 5.32 Å². The summed E-state index contributed by atoms with van der Waals surface area (Å²) in [5.74, 6) is -0.619. The van der Waals surface area contributed by atoms with Crippen molar-refractivity contribution in [2.75, 3.05) is 13.1 Å². The Labute approximate surface area is 203 Å². The minimum absolute atomic E-state index is 0.0797. The third kappa shape index (κ3) is 5.03. The summed E-state index contributed by atoms with van der Waals surface area (Å²) < 4.78 is 27.5. The molecule has 174 valence electrons. The lowest BCUT2D eigenvalue weighted by atomic mass is 9.90. The molecule has 0 spiro atoms. The van der Waals surface area contributed by atoms with Crippen LogP contribution in [0.15, 0.2) is 65.8 Å². The maximum absolute atomic E-state index is 13.3. The summed E-state index contributed by atoms with van der Waals surface area (Å²) in [6.07, 6.45) is 4.04. The minimum Gasteiger partial charge on any atom is -0.342 e. The molecule has 0 radical (unpaired) electrons. The zero-order chi connectivity index (χ0) is 23.6. The van der Waals surface area contributed by atoms with Crippen LogP contribution in [0.1, 0.15) is 30.7 Å². The molecular weight excluding hydrogens is 485 g/mol. The van der Waals surface area contributed by atoms with Crippen LogP contribution in [-0.2, 0) is 19.6 Å². The SMILES string of the molecule is O=C1NC=CN(S(=O)(=O)c2ccc(Cl)c(Cl)c2)[C@@H]1CC(=O)N1CCC[C@@H](c2ccccc2)C1. The lowest BCUT2D eigenvalue weighted by molar-refractivity contribution is -0.136. The summed E-state index contributed by atoms with van der Waals surface area (Å²) in [4.78, 5) is 27.4. The predicted octanol–water partition coefficient (Wildman–Crippen LogP) is 3.75. The van der Waals surface area contributed by atoms with Crippen LogP contribution in [0.2, 0.25) is 10.0 Å². The molecule has 4 rings (SSSR count). The number of benzene rings is 2. The zero-order valence-corrected chi connectivity index (χ0v) is 20.0. The van der Waals surface area contributed by atoms with Crippen molar-refractivity contribution in [3.63, 3.8) is 0 Å². The van der Waals surface area contributed by atoms with Crippen molar-refractivity contribution in [1.29, 1.82) is 0 Å². The molecule has 2 atom stereocenters. The first-order valence-electron chi connectivity index (χ1n) is 10.6. The molecule has 1 N–H and O–H groups in total. The van der Waals surface area contributed by atoms with Crippen LogP contribution < -0.4 is 5.32 Å². The number of likely N-dealkylation sites (tertiary alicyclic amines) is 1. The highest BCUT2D eigenvalue weighted by Crippen LogP contribution is 2.30. The van der Waals surface area contributed by atoms with Crippen LogP contribution in [0.4, 0.5) is 0 Å². The topological polar surface area (TPSA) is 86.8 Å². The van der Waals surface area contributed by atoms with Gasteiger partial charge in [-0.05, 0) is 36.6 Å². The predicted molar refractivity (Wildman–Crippen MR) is 126 cm³/mol. The minimum atomic E-state index is -4.14. The molecule has 1 fully saturated rings. The number of nitrogens with zero attached hydrogens (tertiary/aromatic N) is 2. The molecule has 2 heterocycles. The Hall–Kier alpha value is -2.55. The second-order valence-corrected chi connectivity index (χ2v) is 10.7. The molecule has 0 bridgehead atoms. The van der Waals surface area contributed by atoms with E-state index in [-0.39, 0.29) is 33.2 Å². The van der Waals surface area contributed by atoms with Crippen molar-refractivity contribution in [3.05, 3.63) is 76.5 Å². The number of rotatable bonds is 5. The molecule has 2 amide bonds. The average molecular weight is 508 g/mol. The molecule has 0 aromatic heterocycles. The molecule has 2 aliphatic heterocycles. The lowest BCUT2D eigenvalue weighted by Crippen LogP contribution is -2.52. The highest BCUT2D eigenvalue weighted by molar-refractivity contribution is 7.89. The van der Waals surface area contributed by atoms with E-state index >= 15 is 0 Å². The number of carbonyl (C=O) groups excluding carboxylic acids is 2. The van der Waals surface area contributed by atoms with Gasteiger partial charge in [-0.1, -0.05) is 53.5 Å². The number of hydrogen-bond acceptors (Lipinski definition) is 4. The molecule has 2 aliphatic rings. The van der Waals surface area contributed by atoms with Crippen molar-refractivity contribution in [3.8, 4) is 0 Å². The third-order valence-electron chi connectivity index (χ3n) is 5.94. The molecule has 2 aromatic rings. The molecular formula is C23H23Cl2N3O4S. The Balaban J connectivity index is 1.54. The van der Waals surface area contributed by atoms with Crippen LogP contribution >= 0.6 is 23.2 Å². The summed E-state index contributed by atoms with van der Waals surface area (Å²) in [7, 11) is -4.14. The summed E-state index contributed by atoms with van der Waals surface area (Å²) in [5.41, 5.74) is 1.16. The van der Waals surface area contributed by atoms with E-state index in [0.29, 0.717) is 13.1 Å². The smallest absolute Gasteiger partial charge is 0.264 e. The number of halogens is 2. The summed E-state index contributed by atoms with van der Waals surface area (Å²) in [5, 5.41) is 2.80. The largest absolute Gasteiger partial charge is 0.342 e. The number of carbonyl (C=O) groups is 2. The van der Waals surface area contributed by atoms with Crippen LogP contribution in [-0.4, -0.2) is 48.6 Å². The van der Waals surface area contributed by atoms with Gasteiger partial charge < -0.3 is 10.2 Å². The summed E-state index contributed by atoms with van der Waals surface area (Å²) >= 11 is 11.9. The van der Waals surface area contributed by atoms with Crippen molar-refractivity contribution in [2.24, 2.45) is 0 Å². The lowest BCUT2D eigenvalue weighted by Gasteiger charge is -2.36. The number of nitrogens with one attached hydrogen (secondary N) is 1. The van der Waals surface area contributed by atoms with E-state index in [1.165, 1.54) is 30.6 Å². The molecule has 0 saturated carbocycles. The quantitative estimate of drug-likeness (QED) is 0.667. The Morgan fingerprint density at radius 1 is 1.09 bits per heavy atom. The fourth-order valence-electron chi connectivity index (χ4n) is 4.19. The summed E-state index contributed by atoms with van der Waals surface area (Å²) in [6.45, 7) is 1.11.